The van der Waals surface area contributed by atoms with Gasteiger partial charge in [0.05, 0.1) is 11.0 Å². The third-order valence-electron chi connectivity index (χ3n) is 2.31. The monoisotopic (exact) mass is 206 g/mol. The summed E-state index contributed by atoms with van der Waals surface area (Å²) in [6.07, 6.45) is 0. The maximum Gasteiger partial charge on any atom is 0.163 e. The Morgan fingerprint density at radius 3 is 2.64 bits per heavy atom. The summed E-state index contributed by atoms with van der Waals surface area (Å²) in [7, 11) is 0. The highest BCUT2D eigenvalue weighted by Crippen LogP contribution is 2.28. The predicted molar refractivity (Wildman–Crippen MR) is 62.0 cm³/mol. The van der Waals surface area contributed by atoms with Gasteiger partial charge in [0.1, 0.15) is 0 Å². The lowest BCUT2D eigenvalue weighted by molar-refractivity contribution is 0.594. The molecule has 0 bridgehead atoms. The van der Waals surface area contributed by atoms with Gasteiger partial charge in [-0.05, 0) is 17.0 Å². The summed E-state index contributed by atoms with van der Waals surface area (Å²) in [5.41, 5.74) is 3.50. The number of aromatic nitrogens is 2. The number of para-hydroxylation sites is 1. The van der Waals surface area contributed by atoms with E-state index < -0.39 is 0 Å². The van der Waals surface area contributed by atoms with E-state index in [0.29, 0.717) is 5.16 Å². The van der Waals surface area contributed by atoms with Gasteiger partial charge in [-0.2, -0.15) is 0 Å². The SMILES string of the molecule is CC(C)(C)c1cccc2nc(S)[nH]c12. The summed E-state index contributed by atoms with van der Waals surface area (Å²) in [6.45, 7) is 6.59. The molecule has 0 unspecified atom stereocenters. The van der Waals surface area contributed by atoms with Crippen molar-refractivity contribution in [3.63, 3.8) is 0 Å². The van der Waals surface area contributed by atoms with E-state index in [9.17, 15) is 0 Å². The molecular weight excluding hydrogens is 192 g/mol. The molecule has 0 saturated heterocycles. The highest BCUT2D eigenvalue weighted by atomic mass is 32.1. The number of aromatic amines is 1. The fraction of sp³-hybridized carbons (Fsp3) is 0.364. The number of rotatable bonds is 0. The molecule has 0 aliphatic rings. The standard InChI is InChI=1S/C11H14N2S/c1-11(2,3)7-5-4-6-8-9(7)13-10(14)12-8/h4-6H,1-3H3,(H2,12,13,14). The molecule has 2 rings (SSSR count). The van der Waals surface area contributed by atoms with E-state index in [1.807, 2.05) is 12.1 Å². The van der Waals surface area contributed by atoms with E-state index in [4.69, 9.17) is 0 Å². The predicted octanol–water partition coefficient (Wildman–Crippen LogP) is 3.15. The van der Waals surface area contributed by atoms with E-state index >= 15 is 0 Å². The van der Waals surface area contributed by atoms with Gasteiger partial charge in [0, 0.05) is 0 Å². The third kappa shape index (κ3) is 1.52. The maximum absolute atomic E-state index is 4.30. The lowest BCUT2D eigenvalue weighted by atomic mass is 9.86. The zero-order chi connectivity index (χ0) is 10.3. The topological polar surface area (TPSA) is 28.7 Å². The van der Waals surface area contributed by atoms with Crippen LogP contribution in [0.25, 0.3) is 11.0 Å². The lowest BCUT2D eigenvalue weighted by Crippen LogP contribution is -2.11. The quantitative estimate of drug-likeness (QED) is 0.637. The Hall–Kier alpha value is -0.960. The largest absolute Gasteiger partial charge is 0.333 e. The summed E-state index contributed by atoms with van der Waals surface area (Å²) >= 11 is 4.22. The molecule has 1 aromatic heterocycles. The lowest BCUT2D eigenvalue weighted by Gasteiger charge is -2.19. The van der Waals surface area contributed by atoms with E-state index in [2.05, 4.69) is 49.4 Å². The van der Waals surface area contributed by atoms with Crippen molar-refractivity contribution in [1.29, 1.82) is 0 Å². The molecular formula is C11H14N2S. The van der Waals surface area contributed by atoms with Crippen LogP contribution < -0.4 is 0 Å². The second-order valence-corrected chi connectivity index (χ2v) is 4.93. The first-order valence-electron chi connectivity index (χ1n) is 4.66. The van der Waals surface area contributed by atoms with Crippen LogP contribution in [0.4, 0.5) is 0 Å². The molecule has 0 aliphatic heterocycles. The number of hydrogen-bond acceptors (Lipinski definition) is 2. The van der Waals surface area contributed by atoms with Crippen LogP contribution in [0, 0.1) is 0 Å². The average Bonchev–Trinajstić information content (AvgIpc) is 2.41. The minimum Gasteiger partial charge on any atom is -0.333 e. The number of H-pyrrole nitrogens is 1. The van der Waals surface area contributed by atoms with Gasteiger partial charge in [0.15, 0.2) is 5.16 Å². The molecule has 74 valence electrons. The van der Waals surface area contributed by atoms with Crippen molar-refractivity contribution in [1.82, 2.24) is 9.97 Å². The smallest absolute Gasteiger partial charge is 0.163 e. The van der Waals surface area contributed by atoms with Gasteiger partial charge in [-0.1, -0.05) is 32.9 Å². The molecule has 0 saturated carbocycles. The summed E-state index contributed by atoms with van der Waals surface area (Å²) < 4.78 is 0. The number of imidazole rings is 1. The van der Waals surface area contributed by atoms with Gasteiger partial charge >= 0.3 is 0 Å². The number of thiol groups is 1. The van der Waals surface area contributed by atoms with Crippen LogP contribution in [-0.2, 0) is 5.41 Å². The maximum atomic E-state index is 4.30. The van der Waals surface area contributed by atoms with Crippen molar-refractivity contribution >= 4 is 23.7 Å². The Labute approximate surface area is 89.2 Å². The van der Waals surface area contributed by atoms with E-state index in [0.717, 1.165) is 11.0 Å². The van der Waals surface area contributed by atoms with Crippen LogP contribution in [0.2, 0.25) is 0 Å². The fourth-order valence-corrected chi connectivity index (χ4v) is 1.86. The van der Waals surface area contributed by atoms with Crippen molar-refractivity contribution in [3.05, 3.63) is 23.8 Å². The number of hydrogen-bond donors (Lipinski definition) is 2. The molecule has 0 spiro atoms. The number of nitrogens with zero attached hydrogens (tertiary/aromatic N) is 1. The molecule has 0 fully saturated rings. The highest BCUT2D eigenvalue weighted by Gasteiger charge is 2.17. The number of fused-ring (bicyclic) bond motifs is 1. The third-order valence-corrected chi connectivity index (χ3v) is 2.53. The summed E-state index contributed by atoms with van der Waals surface area (Å²) in [6, 6.07) is 6.17. The van der Waals surface area contributed by atoms with Crippen LogP contribution in [0.3, 0.4) is 0 Å². The van der Waals surface area contributed by atoms with E-state index in [1.54, 1.807) is 0 Å². The first kappa shape index (κ1) is 9.59. The van der Waals surface area contributed by atoms with Crippen LogP contribution in [0.15, 0.2) is 23.4 Å². The van der Waals surface area contributed by atoms with Gasteiger partial charge in [0.25, 0.3) is 0 Å². The first-order valence-corrected chi connectivity index (χ1v) is 5.11. The molecule has 0 atom stereocenters. The van der Waals surface area contributed by atoms with Crippen LogP contribution >= 0.6 is 12.6 Å². The fourth-order valence-electron chi connectivity index (χ4n) is 1.64. The molecule has 1 N–H and O–H groups in total. The van der Waals surface area contributed by atoms with Crippen molar-refractivity contribution in [2.75, 3.05) is 0 Å². The molecule has 0 amide bonds. The van der Waals surface area contributed by atoms with E-state index in [-0.39, 0.29) is 5.41 Å². The van der Waals surface area contributed by atoms with Crippen molar-refractivity contribution < 1.29 is 0 Å². The zero-order valence-corrected chi connectivity index (χ0v) is 9.52. The molecule has 0 radical (unpaired) electrons. The van der Waals surface area contributed by atoms with Gasteiger partial charge < -0.3 is 4.98 Å². The second kappa shape index (κ2) is 3.02. The molecule has 0 aliphatic carbocycles. The Kier molecular flexibility index (Phi) is 2.07. The zero-order valence-electron chi connectivity index (χ0n) is 8.63. The van der Waals surface area contributed by atoms with Crippen molar-refractivity contribution in [3.8, 4) is 0 Å². The molecule has 3 heteroatoms. The summed E-state index contributed by atoms with van der Waals surface area (Å²) in [4.78, 5) is 7.48. The van der Waals surface area contributed by atoms with Gasteiger partial charge in [-0.15, -0.1) is 12.6 Å². The normalized spacial score (nSPS) is 12.3. The van der Waals surface area contributed by atoms with Crippen molar-refractivity contribution in [2.45, 2.75) is 31.3 Å². The van der Waals surface area contributed by atoms with Crippen molar-refractivity contribution in [2.24, 2.45) is 0 Å². The van der Waals surface area contributed by atoms with Crippen LogP contribution in [0.5, 0.6) is 0 Å². The Balaban J connectivity index is 2.77. The number of nitrogens with one attached hydrogen (secondary N) is 1. The summed E-state index contributed by atoms with van der Waals surface area (Å²) in [5, 5.41) is 0.678. The molecule has 14 heavy (non-hydrogen) atoms. The van der Waals surface area contributed by atoms with Gasteiger partial charge in [0.2, 0.25) is 0 Å². The second-order valence-electron chi connectivity index (χ2n) is 4.51. The van der Waals surface area contributed by atoms with Gasteiger partial charge in [-0.3, -0.25) is 0 Å². The first-order chi connectivity index (χ1) is 6.48. The van der Waals surface area contributed by atoms with Gasteiger partial charge in [-0.25, -0.2) is 4.98 Å². The highest BCUT2D eigenvalue weighted by molar-refractivity contribution is 7.80. The van der Waals surface area contributed by atoms with Crippen LogP contribution in [0.1, 0.15) is 26.3 Å². The Bertz CT molecular complexity index is 466. The van der Waals surface area contributed by atoms with Crippen LogP contribution in [-0.4, -0.2) is 9.97 Å². The minimum absolute atomic E-state index is 0.131. The Morgan fingerprint density at radius 2 is 2.00 bits per heavy atom. The van der Waals surface area contributed by atoms with E-state index in [1.165, 1.54) is 5.56 Å². The molecule has 2 aromatic rings. The average molecular weight is 206 g/mol. The molecule has 2 nitrogen and oxygen atoms in total. The Morgan fingerprint density at radius 1 is 1.29 bits per heavy atom. The summed E-state index contributed by atoms with van der Waals surface area (Å²) in [5.74, 6) is 0. The molecule has 1 aromatic carbocycles. The number of benzene rings is 1. The molecule has 1 heterocycles. The minimum atomic E-state index is 0.131.